The minimum absolute atomic E-state index is 0.279. The highest BCUT2D eigenvalue weighted by Crippen LogP contribution is 2.26. The van der Waals surface area contributed by atoms with Crippen LogP contribution in [0.5, 0.6) is 11.5 Å². The number of esters is 1. The van der Waals surface area contributed by atoms with E-state index in [0.717, 1.165) is 6.42 Å². The summed E-state index contributed by atoms with van der Waals surface area (Å²) < 4.78 is 29.2. The van der Waals surface area contributed by atoms with Crippen molar-refractivity contribution < 1.29 is 28.2 Å². The summed E-state index contributed by atoms with van der Waals surface area (Å²) in [7, 11) is 0. The van der Waals surface area contributed by atoms with E-state index >= 15 is 0 Å². The lowest BCUT2D eigenvalue weighted by Crippen LogP contribution is -2.31. The quantitative estimate of drug-likeness (QED) is 0.679. The van der Waals surface area contributed by atoms with E-state index in [1.807, 2.05) is 6.92 Å². The van der Waals surface area contributed by atoms with E-state index < -0.39 is 23.8 Å². The summed E-state index contributed by atoms with van der Waals surface area (Å²) in [6.07, 6.45) is -0.218. The molecule has 0 saturated carbocycles. The predicted octanol–water partition coefficient (Wildman–Crippen LogP) is 3.56. The van der Waals surface area contributed by atoms with Gasteiger partial charge in [-0.25, -0.2) is 9.18 Å². The molecule has 1 atom stereocenters. The molecular formula is C20H22FNO5. The molecule has 0 bridgehead atoms. The third-order valence-electron chi connectivity index (χ3n) is 3.43. The van der Waals surface area contributed by atoms with Crippen molar-refractivity contribution >= 4 is 17.6 Å². The number of ether oxygens (including phenoxy) is 3. The van der Waals surface area contributed by atoms with Gasteiger partial charge in [0.2, 0.25) is 0 Å². The fourth-order valence-electron chi connectivity index (χ4n) is 2.13. The molecule has 0 fully saturated rings. The summed E-state index contributed by atoms with van der Waals surface area (Å²) in [6.45, 7) is 3.56. The van der Waals surface area contributed by atoms with Crippen LogP contribution in [0.25, 0.3) is 0 Å². The zero-order valence-corrected chi connectivity index (χ0v) is 15.2. The maximum Gasteiger partial charge on any atom is 0.344 e. The van der Waals surface area contributed by atoms with Gasteiger partial charge in [0.1, 0.15) is 5.82 Å². The van der Waals surface area contributed by atoms with E-state index in [-0.39, 0.29) is 12.3 Å². The number of nitrogens with one attached hydrogen (secondary N) is 1. The number of halogens is 1. The lowest BCUT2D eigenvalue weighted by Gasteiger charge is -2.15. The molecule has 144 valence electrons. The molecule has 2 rings (SSSR count). The third kappa shape index (κ3) is 6.62. The average Bonchev–Trinajstić information content (AvgIpc) is 2.65. The van der Waals surface area contributed by atoms with Crippen LogP contribution >= 0.6 is 0 Å². The van der Waals surface area contributed by atoms with Crippen LogP contribution in [0.3, 0.4) is 0 Å². The van der Waals surface area contributed by atoms with Crippen LogP contribution in [-0.2, 0) is 14.3 Å². The number of amides is 1. The zero-order chi connectivity index (χ0) is 19.6. The second-order valence-corrected chi connectivity index (χ2v) is 5.72. The van der Waals surface area contributed by atoms with Crippen LogP contribution in [0.4, 0.5) is 10.1 Å². The molecule has 0 radical (unpaired) electrons. The summed E-state index contributed by atoms with van der Waals surface area (Å²) in [4.78, 5) is 24.0. The van der Waals surface area contributed by atoms with Gasteiger partial charge in [-0.2, -0.15) is 0 Å². The Labute approximate surface area is 157 Å². The van der Waals surface area contributed by atoms with E-state index in [2.05, 4.69) is 5.32 Å². The van der Waals surface area contributed by atoms with Crippen molar-refractivity contribution in [3.05, 3.63) is 54.3 Å². The van der Waals surface area contributed by atoms with Gasteiger partial charge in [-0.05, 0) is 43.7 Å². The Morgan fingerprint density at radius 3 is 2.44 bits per heavy atom. The molecule has 0 aromatic heterocycles. The summed E-state index contributed by atoms with van der Waals surface area (Å²) in [5, 5.41) is 2.48. The maximum absolute atomic E-state index is 13.1. The normalized spacial score (nSPS) is 11.4. The van der Waals surface area contributed by atoms with Crippen LogP contribution in [-0.4, -0.2) is 31.2 Å². The first-order valence-corrected chi connectivity index (χ1v) is 8.60. The highest BCUT2D eigenvalue weighted by molar-refractivity contribution is 5.95. The number of hydrogen-bond acceptors (Lipinski definition) is 5. The van der Waals surface area contributed by atoms with Gasteiger partial charge >= 0.3 is 5.97 Å². The van der Waals surface area contributed by atoms with Gasteiger partial charge in [-0.3, -0.25) is 4.79 Å². The molecule has 0 saturated heterocycles. The Kier molecular flexibility index (Phi) is 7.61. The zero-order valence-electron chi connectivity index (χ0n) is 15.2. The molecule has 2 aromatic carbocycles. The number of hydrogen-bond donors (Lipinski definition) is 1. The number of anilines is 1. The Morgan fingerprint density at radius 1 is 1.07 bits per heavy atom. The topological polar surface area (TPSA) is 73.9 Å². The Morgan fingerprint density at radius 2 is 1.78 bits per heavy atom. The standard InChI is InChI=1S/C20H22FNO5/c1-3-11-25-17-9-4-5-10-18(17)26-13-19(23)27-14(2)20(24)22-16-8-6-7-15(21)12-16/h4-10,12,14H,3,11,13H2,1-2H3,(H,22,24)/t14-/m0/s1. The second-order valence-electron chi connectivity index (χ2n) is 5.72. The Balaban J connectivity index is 1.83. The fraction of sp³-hybridized carbons (Fsp3) is 0.300. The summed E-state index contributed by atoms with van der Waals surface area (Å²) in [6, 6.07) is 12.4. The summed E-state index contributed by atoms with van der Waals surface area (Å²) in [5.74, 6) is -0.804. The van der Waals surface area contributed by atoms with E-state index in [0.29, 0.717) is 18.1 Å². The smallest absolute Gasteiger partial charge is 0.344 e. The molecule has 0 spiro atoms. The molecule has 1 N–H and O–H groups in total. The number of carbonyl (C=O) groups is 2. The molecule has 27 heavy (non-hydrogen) atoms. The lowest BCUT2D eigenvalue weighted by atomic mass is 10.3. The SMILES string of the molecule is CCCOc1ccccc1OCC(=O)O[C@@H](C)C(=O)Nc1cccc(F)c1. The highest BCUT2D eigenvalue weighted by Gasteiger charge is 2.19. The van der Waals surface area contributed by atoms with Gasteiger partial charge in [0.25, 0.3) is 5.91 Å². The van der Waals surface area contributed by atoms with Gasteiger partial charge in [-0.1, -0.05) is 25.1 Å². The second kappa shape index (κ2) is 10.2. The number of carbonyl (C=O) groups excluding carboxylic acids is 2. The van der Waals surface area contributed by atoms with Crippen molar-refractivity contribution in [1.29, 1.82) is 0 Å². The van der Waals surface area contributed by atoms with Gasteiger partial charge in [0.05, 0.1) is 6.61 Å². The fourth-order valence-corrected chi connectivity index (χ4v) is 2.13. The van der Waals surface area contributed by atoms with E-state index in [9.17, 15) is 14.0 Å². The number of rotatable bonds is 9. The van der Waals surface area contributed by atoms with Crippen LogP contribution in [0.2, 0.25) is 0 Å². The molecule has 0 heterocycles. The monoisotopic (exact) mass is 375 g/mol. The summed E-state index contributed by atoms with van der Waals surface area (Å²) in [5.41, 5.74) is 0.279. The number of para-hydroxylation sites is 2. The molecule has 6 nitrogen and oxygen atoms in total. The maximum atomic E-state index is 13.1. The molecule has 0 unspecified atom stereocenters. The predicted molar refractivity (Wildman–Crippen MR) is 98.3 cm³/mol. The van der Waals surface area contributed by atoms with Crippen molar-refractivity contribution in [3.63, 3.8) is 0 Å². The number of benzene rings is 2. The Bertz CT molecular complexity index is 780. The van der Waals surface area contributed by atoms with Gasteiger partial charge in [-0.15, -0.1) is 0 Å². The van der Waals surface area contributed by atoms with E-state index in [1.165, 1.54) is 31.2 Å². The first-order chi connectivity index (χ1) is 13.0. The van der Waals surface area contributed by atoms with E-state index in [4.69, 9.17) is 14.2 Å². The van der Waals surface area contributed by atoms with Crippen molar-refractivity contribution in [2.45, 2.75) is 26.4 Å². The van der Waals surface area contributed by atoms with Gasteiger partial charge in [0, 0.05) is 5.69 Å². The molecule has 0 aliphatic rings. The van der Waals surface area contributed by atoms with Crippen molar-refractivity contribution in [2.24, 2.45) is 0 Å². The minimum Gasteiger partial charge on any atom is -0.490 e. The molecule has 2 aromatic rings. The summed E-state index contributed by atoms with van der Waals surface area (Å²) >= 11 is 0. The van der Waals surface area contributed by atoms with Crippen LogP contribution < -0.4 is 14.8 Å². The highest BCUT2D eigenvalue weighted by atomic mass is 19.1. The Hall–Kier alpha value is -3.09. The molecule has 0 aliphatic heterocycles. The van der Waals surface area contributed by atoms with Crippen molar-refractivity contribution in [2.75, 3.05) is 18.5 Å². The van der Waals surface area contributed by atoms with Crippen molar-refractivity contribution in [3.8, 4) is 11.5 Å². The molecule has 1 amide bonds. The average molecular weight is 375 g/mol. The molecule has 0 aliphatic carbocycles. The first kappa shape index (κ1) is 20.2. The largest absolute Gasteiger partial charge is 0.490 e. The van der Waals surface area contributed by atoms with Crippen molar-refractivity contribution in [1.82, 2.24) is 0 Å². The van der Waals surface area contributed by atoms with Gasteiger partial charge < -0.3 is 19.5 Å². The lowest BCUT2D eigenvalue weighted by molar-refractivity contribution is -0.155. The van der Waals surface area contributed by atoms with E-state index in [1.54, 1.807) is 24.3 Å². The van der Waals surface area contributed by atoms with Crippen LogP contribution in [0.15, 0.2) is 48.5 Å². The van der Waals surface area contributed by atoms with Crippen LogP contribution in [0, 0.1) is 5.82 Å². The third-order valence-corrected chi connectivity index (χ3v) is 3.43. The molecule has 7 heteroatoms. The first-order valence-electron chi connectivity index (χ1n) is 8.60. The molecular weight excluding hydrogens is 353 g/mol. The van der Waals surface area contributed by atoms with Gasteiger partial charge in [0.15, 0.2) is 24.2 Å². The van der Waals surface area contributed by atoms with Crippen LogP contribution in [0.1, 0.15) is 20.3 Å². The minimum atomic E-state index is -1.06.